The third kappa shape index (κ3) is 3.75. The number of ether oxygens (including phenoxy) is 1. The summed E-state index contributed by atoms with van der Waals surface area (Å²) in [6, 6.07) is 2.30. The van der Waals surface area contributed by atoms with Gasteiger partial charge in [-0.15, -0.1) is 0 Å². The molecule has 0 radical (unpaired) electrons. The summed E-state index contributed by atoms with van der Waals surface area (Å²) in [5.74, 6) is -2.73. The topological polar surface area (TPSA) is 75.6 Å². The highest BCUT2D eigenvalue weighted by Gasteiger charge is 2.36. The Morgan fingerprint density at radius 3 is 2.57 bits per heavy atom. The van der Waals surface area contributed by atoms with Gasteiger partial charge in [0.15, 0.2) is 0 Å². The number of carboxylic acids is 1. The highest BCUT2D eigenvalue weighted by molar-refractivity contribution is 5.95. The molecule has 1 fully saturated rings. The lowest BCUT2D eigenvalue weighted by atomic mass is 10.0. The van der Waals surface area contributed by atoms with Crippen LogP contribution in [0.5, 0.6) is 5.75 Å². The van der Waals surface area contributed by atoms with E-state index in [4.69, 9.17) is 9.84 Å². The van der Waals surface area contributed by atoms with Crippen LogP contribution >= 0.6 is 0 Å². The fraction of sp³-hybridized carbons (Fsp3) is 0.467. The lowest BCUT2D eigenvalue weighted by molar-refractivity contribution is -0.142. The minimum absolute atomic E-state index is 0.00844. The number of aliphatic carboxylic acids is 1. The van der Waals surface area contributed by atoms with Crippen LogP contribution in [0.25, 0.3) is 0 Å². The van der Waals surface area contributed by atoms with E-state index in [9.17, 15) is 22.8 Å². The number of benzene rings is 1. The van der Waals surface area contributed by atoms with Crippen molar-refractivity contribution in [3.05, 3.63) is 29.3 Å². The van der Waals surface area contributed by atoms with E-state index in [1.807, 2.05) is 0 Å². The summed E-state index contributed by atoms with van der Waals surface area (Å²) >= 11 is 0. The van der Waals surface area contributed by atoms with Gasteiger partial charge >= 0.3 is 12.1 Å². The molecule has 0 heterocycles. The lowest BCUT2D eigenvalue weighted by Gasteiger charge is -2.18. The van der Waals surface area contributed by atoms with Gasteiger partial charge in [-0.2, -0.15) is 13.2 Å². The first-order valence-electron chi connectivity index (χ1n) is 7.03. The fourth-order valence-corrected chi connectivity index (χ4v) is 2.75. The number of alkyl halides is 3. The van der Waals surface area contributed by atoms with Crippen molar-refractivity contribution >= 4 is 11.9 Å². The fourth-order valence-electron chi connectivity index (χ4n) is 2.75. The number of hydrogen-bond acceptors (Lipinski definition) is 3. The molecule has 5 nitrogen and oxygen atoms in total. The molecular weight excluding hydrogens is 315 g/mol. The molecule has 1 aliphatic carbocycles. The van der Waals surface area contributed by atoms with E-state index in [-0.39, 0.29) is 5.56 Å². The van der Waals surface area contributed by atoms with E-state index in [2.05, 4.69) is 5.32 Å². The zero-order valence-corrected chi connectivity index (χ0v) is 12.3. The number of carbonyl (C=O) groups is 2. The number of rotatable bonds is 4. The van der Waals surface area contributed by atoms with E-state index in [0.717, 1.165) is 25.3 Å². The van der Waals surface area contributed by atoms with Crippen LogP contribution in [-0.2, 0) is 11.0 Å². The molecule has 0 unspecified atom stereocenters. The second-order valence-corrected chi connectivity index (χ2v) is 5.37. The molecule has 1 amide bonds. The van der Waals surface area contributed by atoms with Crippen molar-refractivity contribution in [3.63, 3.8) is 0 Å². The maximum Gasteiger partial charge on any atom is 0.419 e. The number of carboxylic acid groups (broad SMARTS) is 1. The van der Waals surface area contributed by atoms with Crippen molar-refractivity contribution in [2.75, 3.05) is 7.11 Å². The summed E-state index contributed by atoms with van der Waals surface area (Å²) in [5, 5.41) is 11.7. The summed E-state index contributed by atoms with van der Waals surface area (Å²) < 4.78 is 43.1. The summed E-state index contributed by atoms with van der Waals surface area (Å²) in [6.45, 7) is 0. The number of nitrogens with one attached hydrogen (secondary N) is 1. The van der Waals surface area contributed by atoms with Crippen molar-refractivity contribution < 1.29 is 32.6 Å². The van der Waals surface area contributed by atoms with Gasteiger partial charge in [0.05, 0.1) is 18.6 Å². The molecular formula is C15H16F3NO4. The average Bonchev–Trinajstić information content (AvgIpc) is 2.93. The lowest BCUT2D eigenvalue weighted by Crippen LogP contribution is -2.40. The first-order valence-corrected chi connectivity index (χ1v) is 7.03. The van der Waals surface area contributed by atoms with Crippen LogP contribution in [-0.4, -0.2) is 30.1 Å². The zero-order chi connectivity index (χ0) is 17.2. The zero-order valence-electron chi connectivity index (χ0n) is 12.3. The van der Waals surface area contributed by atoms with Gasteiger partial charge in [0.2, 0.25) is 0 Å². The molecule has 126 valence electrons. The first-order chi connectivity index (χ1) is 10.7. The third-order valence-electron chi connectivity index (χ3n) is 3.92. The molecule has 23 heavy (non-hydrogen) atoms. The molecule has 2 N–H and O–H groups in total. The second-order valence-electron chi connectivity index (χ2n) is 5.37. The maximum atomic E-state index is 12.8. The predicted octanol–water partition coefficient (Wildman–Crippen LogP) is 2.70. The van der Waals surface area contributed by atoms with Crippen molar-refractivity contribution in [2.45, 2.75) is 31.5 Å². The van der Waals surface area contributed by atoms with E-state index in [0.29, 0.717) is 19.3 Å². The van der Waals surface area contributed by atoms with Crippen molar-refractivity contribution in [3.8, 4) is 5.75 Å². The van der Waals surface area contributed by atoms with Crippen molar-refractivity contribution in [2.24, 2.45) is 5.92 Å². The third-order valence-corrected chi connectivity index (χ3v) is 3.92. The van der Waals surface area contributed by atoms with E-state index < -0.39 is 41.3 Å². The van der Waals surface area contributed by atoms with Gasteiger partial charge in [-0.25, -0.2) is 0 Å². The Morgan fingerprint density at radius 2 is 2.00 bits per heavy atom. The van der Waals surface area contributed by atoms with E-state index >= 15 is 0 Å². The number of carbonyl (C=O) groups excluding carboxylic acids is 1. The predicted molar refractivity (Wildman–Crippen MR) is 74.2 cm³/mol. The minimum Gasteiger partial charge on any atom is -0.496 e. The van der Waals surface area contributed by atoms with Gasteiger partial charge in [0.1, 0.15) is 5.75 Å². The van der Waals surface area contributed by atoms with Crippen LogP contribution < -0.4 is 10.1 Å². The molecule has 1 aliphatic rings. The number of halogens is 3. The number of hydrogen-bond donors (Lipinski definition) is 2. The summed E-state index contributed by atoms with van der Waals surface area (Å²) in [7, 11) is 1.09. The Bertz CT molecular complexity index is 615. The van der Waals surface area contributed by atoms with E-state index in [1.54, 1.807) is 0 Å². The Morgan fingerprint density at radius 1 is 1.30 bits per heavy atom. The van der Waals surface area contributed by atoms with Crippen molar-refractivity contribution in [1.82, 2.24) is 5.32 Å². The summed E-state index contributed by atoms with van der Waals surface area (Å²) in [4.78, 5) is 23.2. The SMILES string of the molecule is COc1cc(C(=O)N[C@@H]2CCC[C@@H]2C(=O)O)ccc1C(F)(F)F. The molecule has 2 atom stereocenters. The molecule has 0 spiro atoms. The normalized spacial score (nSPS) is 21.0. The van der Waals surface area contributed by atoms with Gasteiger partial charge in [-0.1, -0.05) is 6.42 Å². The average molecular weight is 331 g/mol. The van der Waals surface area contributed by atoms with Crippen LogP contribution in [0.3, 0.4) is 0 Å². The molecule has 1 saturated carbocycles. The molecule has 8 heteroatoms. The van der Waals surface area contributed by atoms with Gasteiger partial charge in [-0.3, -0.25) is 9.59 Å². The standard InChI is InChI=1S/C15H16F3NO4/c1-23-12-7-8(5-6-10(12)15(16,17)18)13(20)19-11-4-2-3-9(11)14(21)22/h5-7,9,11H,2-4H2,1H3,(H,19,20)(H,21,22)/t9-,11+/m0/s1. The molecule has 0 aliphatic heterocycles. The van der Waals surface area contributed by atoms with Crippen LogP contribution in [0.2, 0.25) is 0 Å². The van der Waals surface area contributed by atoms with Gasteiger partial charge in [0.25, 0.3) is 5.91 Å². The number of methoxy groups -OCH3 is 1. The molecule has 1 aromatic carbocycles. The number of amides is 1. The Labute approximate surface area is 130 Å². The smallest absolute Gasteiger partial charge is 0.419 e. The van der Waals surface area contributed by atoms with Gasteiger partial charge < -0.3 is 15.2 Å². The largest absolute Gasteiger partial charge is 0.496 e. The molecule has 1 aromatic rings. The highest BCUT2D eigenvalue weighted by Crippen LogP contribution is 2.36. The van der Waals surface area contributed by atoms with Crippen LogP contribution in [0.15, 0.2) is 18.2 Å². The van der Waals surface area contributed by atoms with E-state index in [1.165, 1.54) is 0 Å². The quantitative estimate of drug-likeness (QED) is 0.889. The Balaban J connectivity index is 2.18. The first kappa shape index (κ1) is 17.1. The van der Waals surface area contributed by atoms with Gasteiger partial charge in [0, 0.05) is 11.6 Å². The molecule has 0 aromatic heterocycles. The van der Waals surface area contributed by atoms with Crippen LogP contribution in [0.4, 0.5) is 13.2 Å². The molecule has 0 bridgehead atoms. The summed E-state index contributed by atoms with van der Waals surface area (Å²) in [5.41, 5.74) is -0.980. The molecule has 0 saturated heterocycles. The van der Waals surface area contributed by atoms with Crippen LogP contribution in [0.1, 0.15) is 35.2 Å². The molecule has 2 rings (SSSR count). The van der Waals surface area contributed by atoms with Gasteiger partial charge in [-0.05, 0) is 31.0 Å². The maximum absolute atomic E-state index is 12.8. The second kappa shape index (κ2) is 6.47. The monoisotopic (exact) mass is 331 g/mol. The summed E-state index contributed by atoms with van der Waals surface area (Å²) in [6.07, 6.45) is -2.91. The van der Waals surface area contributed by atoms with Crippen molar-refractivity contribution in [1.29, 1.82) is 0 Å². The highest BCUT2D eigenvalue weighted by atomic mass is 19.4. The van der Waals surface area contributed by atoms with Crippen LogP contribution in [0, 0.1) is 5.92 Å². The Kier molecular flexibility index (Phi) is 4.82. The minimum atomic E-state index is -4.58. The Hall–Kier alpha value is -2.25.